The molecule has 2 heterocycles. The van der Waals surface area contributed by atoms with Crippen LogP contribution in [0.4, 0.5) is 0 Å². The third kappa shape index (κ3) is 3.34. The Hall–Kier alpha value is -0.940. The lowest BCUT2D eigenvalue weighted by Gasteiger charge is -2.50. The maximum absolute atomic E-state index is 10.8. The van der Waals surface area contributed by atoms with Gasteiger partial charge in [-0.1, -0.05) is 26.7 Å². The summed E-state index contributed by atoms with van der Waals surface area (Å²) in [4.78, 5) is 17.3. The number of aromatic carboxylic acids is 1. The van der Waals surface area contributed by atoms with E-state index in [4.69, 9.17) is 5.11 Å². The second-order valence-corrected chi connectivity index (χ2v) is 6.52. The molecule has 0 saturated carbocycles. The van der Waals surface area contributed by atoms with E-state index in [0.29, 0.717) is 5.41 Å². The third-order valence-corrected chi connectivity index (χ3v) is 4.64. The first-order valence-electron chi connectivity index (χ1n) is 6.98. The average molecular weight is 282 g/mol. The molecule has 2 rings (SSSR count). The average Bonchev–Trinajstić information content (AvgIpc) is 2.76. The number of nitrogens with zero attached hydrogens (tertiary/aromatic N) is 2. The summed E-state index contributed by atoms with van der Waals surface area (Å²) in [5.41, 5.74) is 0.685. The molecule has 0 aliphatic carbocycles. The fourth-order valence-corrected chi connectivity index (χ4v) is 4.00. The van der Waals surface area contributed by atoms with E-state index in [-0.39, 0.29) is 5.69 Å². The first kappa shape index (κ1) is 14.5. The molecule has 0 aromatic carbocycles. The van der Waals surface area contributed by atoms with Crippen molar-refractivity contribution < 1.29 is 9.90 Å². The van der Waals surface area contributed by atoms with E-state index in [0.717, 1.165) is 24.6 Å². The Morgan fingerprint density at radius 2 is 2.05 bits per heavy atom. The monoisotopic (exact) mass is 282 g/mol. The van der Waals surface area contributed by atoms with Crippen LogP contribution >= 0.6 is 11.3 Å². The lowest BCUT2D eigenvalue weighted by atomic mass is 9.73. The quantitative estimate of drug-likeness (QED) is 0.834. The molecule has 0 unspecified atom stereocenters. The van der Waals surface area contributed by atoms with Crippen LogP contribution in [-0.4, -0.2) is 34.0 Å². The van der Waals surface area contributed by atoms with E-state index >= 15 is 0 Å². The van der Waals surface area contributed by atoms with Gasteiger partial charge < -0.3 is 5.11 Å². The number of aromatic nitrogens is 1. The van der Waals surface area contributed by atoms with Gasteiger partial charge in [0.2, 0.25) is 0 Å². The zero-order valence-electron chi connectivity index (χ0n) is 11.7. The Morgan fingerprint density at radius 1 is 1.42 bits per heavy atom. The van der Waals surface area contributed by atoms with Crippen LogP contribution in [0.15, 0.2) is 5.38 Å². The highest BCUT2D eigenvalue weighted by Gasteiger charge is 2.41. The molecule has 106 valence electrons. The Bertz CT molecular complexity index is 430. The van der Waals surface area contributed by atoms with E-state index < -0.39 is 5.97 Å². The van der Waals surface area contributed by atoms with Gasteiger partial charge in [-0.3, -0.25) is 4.90 Å². The normalized spacial score (nSPS) is 18.2. The largest absolute Gasteiger partial charge is 0.476 e. The van der Waals surface area contributed by atoms with Crippen LogP contribution in [-0.2, 0) is 6.54 Å². The van der Waals surface area contributed by atoms with Crippen LogP contribution in [0, 0.1) is 5.41 Å². The Labute approximate surface area is 118 Å². The van der Waals surface area contributed by atoms with E-state index in [1.807, 2.05) is 0 Å². The highest BCUT2D eigenvalue weighted by molar-refractivity contribution is 7.09. The van der Waals surface area contributed by atoms with Gasteiger partial charge in [-0.15, -0.1) is 11.3 Å². The van der Waals surface area contributed by atoms with Gasteiger partial charge in [0.25, 0.3) is 0 Å². The first-order valence-corrected chi connectivity index (χ1v) is 7.86. The van der Waals surface area contributed by atoms with Crippen molar-refractivity contribution in [3.8, 4) is 0 Å². The third-order valence-electron chi connectivity index (χ3n) is 3.81. The fourth-order valence-electron chi connectivity index (χ4n) is 3.19. The number of carboxylic acids is 1. The summed E-state index contributed by atoms with van der Waals surface area (Å²) < 4.78 is 0. The van der Waals surface area contributed by atoms with Gasteiger partial charge >= 0.3 is 5.97 Å². The van der Waals surface area contributed by atoms with Gasteiger partial charge in [0, 0.05) is 18.5 Å². The summed E-state index contributed by atoms with van der Waals surface area (Å²) in [7, 11) is 0. The minimum atomic E-state index is -0.933. The smallest absolute Gasteiger partial charge is 0.355 e. The number of hydrogen-bond donors (Lipinski definition) is 1. The summed E-state index contributed by atoms with van der Waals surface area (Å²) in [6.07, 6.45) is 5.09. The van der Waals surface area contributed by atoms with Crippen molar-refractivity contribution in [3.05, 3.63) is 16.1 Å². The van der Waals surface area contributed by atoms with Crippen molar-refractivity contribution in [2.45, 2.75) is 46.1 Å². The zero-order chi connectivity index (χ0) is 13.9. The van der Waals surface area contributed by atoms with E-state index in [1.54, 1.807) is 5.38 Å². The van der Waals surface area contributed by atoms with Crippen LogP contribution in [0.3, 0.4) is 0 Å². The molecule has 1 aliphatic heterocycles. The Balaban J connectivity index is 1.87. The highest BCUT2D eigenvalue weighted by atomic mass is 32.1. The van der Waals surface area contributed by atoms with Crippen molar-refractivity contribution in [1.29, 1.82) is 0 Å². The van der Waals surface area contributed by atoms with Crippen molar-refractivity contribution in [1.82, 2.24) is 9.88 Å². The van der Waals surface area contributed by atoms with Gasteiger partial charge in [0.15, 0.2) is 5.69 Å². The molecule has 1 aromatic heterocycles. The molecule has 0 radical (unpaired) electrons. The molecular weight excluding hydrogens is 260 g/mol. The number of carbonyl (C=O) groups is 1. The molecule has 19 heavy (non-hydrogen) atoms. The Kier molecular flexibility index (Phi) is 4.58. The summed E-state index contributed by atoms with van der Waals surface area (Å²) in [6, 6.07) is 0. The summed E-state index contributed by atoms with van der Waals surface area (Å²) in [5.74, 6) is -0.933. The summed E-state index contributed by atoms with van der Waals surface area (Å²) >= 11 is 1.45. The molecule has 4 nitrogen and oxygen atoms in total. The van der Waals surface area contributed by atoms with Crippen molar-refractivity contribution in [2.75, 3.05) is 13.1 Å². The lowest BCUT2D eigenvalue weighted by molar-refractivity contribution is -0.0204. The second-order valence-electron chi connectivity index (χ2n) is 5.58. The van der Waals surface area contributed by atoms with Crippen molar-refractivity contribution in [3.63, 3.8) is 0 Å². The van der Waals surface area contributed by atoms with Crippen molar-refractivity contribution in [2.24, 2.45) is 5.41 Å². The molecule has 1 fully saturated rings. The molecule has 0 amide bonds. The molecule has 0 spiro atoms. The van der Waals surface area contributed by atoms with Crippen LogP contribution in [0.1, 0.15) is 55.0 Å². The molecule has 0 bridgehead atoms. The molecule has 0 atom stereocenters. The molecular formula is C14H22N2O2S. The van der Waals surface area contributed by atoms with E-state index in [1.165, 1.54) is 37.0 Å². The number of rotatable bonds is 7. The van der Waals surface area contributed by atoms with Gasteiger partial charge in [0.05, 0.1) is 6.54 Å². The summed E-state index contributed by atoms with van der Waals surface area (Å²) in [5, 5.41) is 11.4. The van der Waals surface area contributed by atoms with Crippen molar-refractivity contribution >= 4 is 17.3 Å². The number of carboxylic acid groups (broad SMARTS) is 1. The van der Waals surface area contributed by atoms with Gasteiger partial charge in [0.1, 0.15) is 5.01 Å². The molecule has 1 aliphatic rings. The number of hydrogen-bond acceptors (Lipinski definition) is 4. The minimum Gasteiger partial charge on any atom is -0.476 e. The molecule has 5 heteroatoms. The fraction of sp³-hybridized carbons (Fsp3) is 0.714. The minimum absolute atomic E-state index is 0.175. The van der Waals surface area contributed by atoms with Gasteiger partial charge in [-0.25, -0.2) is 9.78 Å². The molecule has 1 saturated heterocycles. The van der Waals surface area contributed by atoms with E-state index in [2.05, 4.69) is 23.7 Å². The van der Waals surface area contributed by atoms with Crippen LogP contribution < -0.4 is 0 Å². The lowest BCUT2D eigenvalue weighted by Crippen LogP contribution is -2.55. The molecule has 1 N–H and O–H groups in total. The SMILES string of the molecule is CCCC1(CCC)CN(Cc2nc(C(=O)O)cs2)C1. The number of thiazole rings is 1. The summed E-state index contributed by atoms with van der Waals surface area (Å²) in [6.45, 7) is 7.57. The number of likely N-dealkylation sites (tertiary alicyclic amines) is 1. The maximum Gasteiger partial charge on any atom is 0.355 e. The first-order chi connectivity index (χ1) is 9.08. The van der Waals surface area contributed by atoms with Crippen LogP contribution in [0.2, 0.25) is 0 Å². The predicted octanol–water partition coefficient (Wildman–Crippen LogP) is 3.24. The highest BCUT2D eigenvalue weighted by Crippen LogP contribution is 2.40. The standard InChI is InChI=1S/C14H22N2O2S/c1-3-5-14(6-4-2)9-16(10-14)7-12-15-11(8-19-12)13(17)18/h8H,3-7,9-10H2,1-2H3,(H,17,18). The predicted molar refractivity (Wildman–Crippen MR) is 76.6 cm³/mol. The van der Waals surface area contributed by atoms with E-state index in [9.17, 15) is 4.79 Å². The van der Waals surface area contributed by atoms with Crippen LogP contribution in [0.25, 0.3) is 0 Å². The zero-order valence-corrected chi connectivity index (χ0v) is 12.5. The van der Waals surface area contributed by atoms with Crippen LogP contribution in [0.5, 0.6) is 0 Å². The van der Waals surface area contributed by atoms with Gasteiger partial charge in [-0.2, -0.15) is 0 Å². The van der Waals surface area contributed by atoms with Gasteiger partial charge in [-0.05, 0) is 18.3 Å². The topological polar surface area (TPSA) is 53.4 Å². The maximum atomic E-state index is 10.8. The Morgan fingerprint density at radius 3 is 2.53 bits per heavy atom. The second kappa shape index (κ2) is 6.01. The molecule has 1 aromatic rings.